The fraction of sp³-hybridized carbons (Fsp3) is 0.226. The number of pyridine rings is 1. The van der Waals surface area contributed by atoms with E-state index in [2.05, 4.69) is 10.6 Å². The minimum Gasteiger partial charge on any atom is -0.497 e. The number of benzene rings is 3. The smallest absolute Gasteiger partial charge is 0.248 e. The Bertz CT molecular complexity index is 1500. The van der Waals surface area contributed by atoms with Crippen LogP contribution in [0, 0.1) is 0 Å². The Kier molecular flexibility index (Phi) is 7.45. The SMILES string of the molecule is COc1ccc(C=CC(=O)Nc2ccc3nc4c(c(Nc5ccc(OC)c(OC)c5)c3c2)CCCC4)cc1. The van der Waals surface area contributed by atoms with Crippen molar-refractivity contribution in [2.75, 3.05) is 32.0 Å². The summed E-state index contributed by atoms with van der Waals surface area (Å²) < 4.78 is 16.1. The number of aryl methyl sites for hydroxylation is 1. The molecule has 0 bridgehead atoms. The lowest BCUT2D eigenvalue weighted by Crippen LogP contribution is -2.11. The van der Waals surface area contributed by atoms with Crippen molar-refractivity contribution in [3.63, 3.8) is 0 Å². The van der Waals surface area contributed by atoms with Crippen LogP contribution in [0.1, 0.15) is 29.7 Å². The van der Waals surface area contributed by atoms with E-state index in [-0.39, 0.29) is 5.91 Å². The molecule has 194 valence electrons. The summed E-state index contributed by atoms with van der Waals surface area (Å²) in [6, 6.07) is 19.2. The van der Waals surface area contributed by atoms with Crippen molar-refractivity contribution >= 4 is 39.9 Å². The molecule has 38 heavy (non-hydrogen) atoms. The molecule has 0 unspecified atom stereocenters. The molecule has 0 saturated heterocycles. The second kappa shape index (κ2) is 11.3. The summed E-state index contributed by atoms with van der Waals surface area (Å²) >= 11 is 0. The minimum absolute atomic E-state index is 0.208. The maximum Gasteiger partial charge on any atom is 0.248 e. The zero-order chi connectivity index (χ0) is 26.5. The number of nitrogens with one attached hydrogen (secondary N) is 2. The van der Waals surface area contributed by atoms with Gasteiger partial charge in [0.05, 0.1) is 32.5 Å². The van der Waals surface area contributed by atoms with E-state index < -0.39 is 0 Å². The van der Waals surface area contributed by atoms with E-state index in [4.69, 9.17) is 19.2 Å². The summed E-state index contributed by atoms with van der Waals surface area (Å²) in [7, 11) is 4.88. The fourth-order valence-corrected chi connectivity index (χ4v) is 4.77. The molecule has 5 rings (SSSR count). The minimum atomic E-state index is -0.208. The molecular formula is C31H31N3O4. The second-order valence-corrected chi connectivity index (χ2v) is 9.14. The lowest BCUT2D eigenvalue weighted by Gasteiger charge is -2.22. The molecule has 0 aliphatic heterocycles. The first-order valence-corrected chi connectivity index (χ1v) is 12.7. The Morgan fingerprint density at radius 2 is 1.61 bits per heavy atom. The number of amides is 1. The Balaban J connectivity index is 1.46. The molecule has 2 N–H and O–H groups in total. The van der Waals surface area contributed by atoms with Crippen molar-refractivity contribution in [3.05, 3.63) is 83.6 Å². The van der Waals surface area contributed by atoms with Gasteiger partial charge in [0, 0.05) is 34.6 Å². The summed E-state index contributed by atoms with van der Waals surface area (Å²) in [6.45, 7) is 0. The van der Waals surface area contributed by atoms with Crippen molar-refractivity contribution in [2.24, 2.45) is 0 Å². The molecule has 3 aromatic carbocycles. The van der Waals surface area contributed by atoms with Gasteiger partial charge in [0.15, 0.2) is 11.5 Å². The second-order valence-electron chi connectivity index (χ2n) is 9.14. The van der Waals surface area contributed by atoms with Gasteiger partial charge >= 0.3 is 0 Å². The van der Waals surface area contributed by atoms with Crippen molar-refractivity contribution < 1.29 is 19.0 Å². The molecular weight excluding hydrogens is 478 g/mol. The van der Waals surface area contributed by atoms with E-state index in [0.29, 0.717) is 17.2 Å². The van der Waals surface area contributed by atoms with E-state index in [1.54, 1.807) is 27.4 Å². The Morgan fingerprint density at radius 1 is 0.842 bits per heavy atom. The number of ether oxygens (including phenoxy) is 3. The van der Waals surface area contributed by atoms with E-state index in [9.17, 15) is 4.79 Å². The molecule has 0 atom stereocenters. The number of hydrogen-bond donors (Lipinski definition) is 2. The van der Waals surface area contributed by atoms with Crippen molar-refractivity contribution in [1.29, 1.82) is 0 Å². The first-order valence-electron chi connectivity index (χ1n) is 12.7. The topological polar surface area (TPSA) is 81.7 Å². The van der Waals surface area contributed by atoms with Crippen molar-refractivity contribution in [3.8, 4) is 17.2 Å². The number of rotatable bonds is 8. The van der Waals surface area contributed by atoms with E-state index >= 15 is 0 Å². The Hall–Kier alpha value is -4.52. The summed E-state index contributed by atoms with van der Waals surface area (Å²) in [4.78, 5) is 17.7. The average molecular weight is 510 g/mol. The van der Waals surface area contributed by atoms with E-state index in [1.807, 2.05) is 60.7 Å². The number of aromatic nitrogens is 1. The Morgan fingerprint density at radius 3 is 2.37 bits per heavy atom. The lowest BCUT2D eigenvalue weighted by molar-refractivity contribution is -0.111. The van der Waals surface area contributed by atoms with Crippen LogP contribution in [0.2, 0.25) is 0 Å². The summed E-state index contributed by atoms with van der Waals surface area (Å²) in [5.41, 5.74) is 6.76. The van der Waals surface area contributed by atoms with Gasteiger partial charge in [-0.25, -0.2) is 0 Å². The number of carbonyl (C=O) groups excluding carboxylic acids is 1. The highest BCUT2D eigenvalue weighted by atomic mass is 16.5. The third kappa shape index (κ3) is 5.42. The fourth-order valence-electron chi connectivity index (χ4n) is 4.77. The number of nitrogens with zero attached hydrogens (tertiary/aromatic N) is 1. The summed E-state index contributed by atoms with van der Waals surface area (Å²) in [5, 5.41) is 7.57. The molecule has 1 aliphatic rings. The monoisotopic (exact) mass is 509 g/mol. The first kappa shape index (κ1) is 25.1. The van der Waals surface area contributed by atoms with Gasteiger partial charge in [-0.3, -0.25) is 9.78 Å². The molecule has 0 saturated carbocycles. The Labute approximate surface area is 222 Å². The van der Waals surface area contributed by atoms with Crippen LogP contribution >= 0.6 is 0 Å². The van der Waals surface area contributed by atoms with Gasteiger partial charge in [-0.05, 0) is 85.4 Å². The number of fused-ring (bicyclic) bond motifs is 2. The largest absolute Gasteiger partial charge is 0.497 e. The van der Waals surface area contributed by atoms with Crippen molar-refractivity contribution in [1.82, 2.24) is 4.98 Å². The van der Waals surface area contributed by atoms with Crippen LogP contribution in [0.25, 0.3) is 17.0 Å². The molecule has 1 aromatic heterocycles. The number of hydrogen-bond acceptors (Lipinski definition) is 6. The van der Waals surface area contributed by atoms with Crippen LogP contribution in [0.15, 0.2) is 66.7 Å². The van der Waals surface area contributed by atoms with Crippen LogP contribution in [0.3, 0.4) is 0 Å². The maximum absolute atomic E-state index is 12.7. The van der Waals surface area contributed by atoms with Gasteiger partial charge in [-0.15, -0.1) is 0 Å². The molecule has 0 spiro atoms. The molecule has 1 aliphatic carbocycles. The highest BCUT2D eigenvalue weighted by molar-refractivity contribution is 6.04. The summed E-state index contributed by atoms with van der Waals surface area (Å²) in [6.07, 6.45) is 7.47. The molecule has 7 nitrogen and oxygen atoms in total. The standard InChI is InChI=1S/C31H31N3O4/c1-36-23-13-8-20(9-14-23)10-17-30(35)32-21-11-15-27-25(18-21)31(24-6-4-5-7-26(24)34-27)33-22-12-16-28(37-2)29(19-22)38-3/h8-19H,4-7H2,1-3H3,(H,32,35)(H,33,34). The third-order valence-electron chi connectivity index (χ3n) is 6.73. The van der Waals surface area contributed by atoms with Gasteiger partial charge in [-0.2, -0.15) is 0 Å². The van der Waals surface area contributed by atoms with Crippen LogP contribution in [0.5, 0.6) is 17.2 Å². The van der Waals surface area contributed by atoms with Crippen LogP contribution < -0.4 is 24.8 Å². The predicted octanol–water partition coefficient (Wildman–Crippen LogP) is 6.53. The van der Waals surface area contributed by atoms with E-state index in [1.165, 1.54) is 11.6 Å². The maximum atomic E-state index is 12.7. The molecule has 0 fully saturated rings. The van der Waals surface area contributed by atoms with E-state index in [0.717, 1.165) is 65.0 Å². The molecule has 0 radical (unpaired) electrons. The van der Waals surface area contributed by atoms with Crippen LogP contribution in [-0.4, -0.2) is 32.2 Å². The lowest BCUT2D eigenvalue weighted by atomic mass is 9.92. The molecule has 1 amide bonds. The quantitative estimate of drug-likeness (QED) is 0.263. The zero-order valence-corrected chi connectivity index (χ0v) is 21.8. The van der Waals surface area contributed by atoms with Gasteiger partial charge in [0.2, 0.25) is 5.91 Å². The van der Waals surface area contributed by atoms with Crippen LogP contribution in [-0.2, 0) is 17.6 Å². The highest BCUT2D eigenvalue weighted by Gasteiger charge is 2.19. The number of methoxy groups -OCH3 is 3. The highest BCUT2D eigenvalue weighted by Crippen LogP contribution is 2.38. The molecule has 4 aromatic rings. The van der Waals surface area contributed by atoms with Crippen molar-refractivity contribution in [2.45, 2.75) is 25.7 Å². The van der Waals surface area contributed by atoms with Gasteiger partial charge in [0.1, 0.15) is 5.75 Å². The first-order chi connectivity index (χ1) is 18.6. The molecule has 1 heterocycles. The number of anilines is 3. The number of carbonyl (C=O) groups is 1. The predicted molar refractivity (Wildman–Crippen MR) is 152 cm³/mol. The summed E-state index contributed by atoms with van der Waals surface area (Å²) in [5.74, 6) is 1.89. The average Bonchev–Trinajstić information content (AvgIpc) is 2.96. The van der Waals surface area contributed by atoms with Crippen LogP contribution in [0.4, 0.5) is 17.1 Å². The van der Waals surface area contributed by atoms with Gasteiger partial charge in [-0.1, -0.05) is 12.1 Å². The normalized spacial score (nSPS) is 12.7. The van der Waals surface area contributed by atoms with Gasteiger partial charge < -0.3 is 24.8 Å². The van der Waals surface area contributed by atoms with Gasteiger partial charge in [0.25, 0.3) is 0 Å². The third-order valence-corrected chi connectivity index (χ3v) is 6.73. The molecule has 7 heteroatoms. The zero-order valence-electron chi connectivity index (χ0n) is 21.8.